The molecule has 112 valence electrons. The maximum Gasteiger partial charge on any atom is 0.0108 e. The molecule has 0 aliphatic heterocycles. The van der Waals surface area contributed by atoms with E-state index in [4.69, 9.17) is 0 Å². The molecule has 0 aromatic heterocycles. The van der Waals surface area contributed by atoms with E-state index >= 15 is 0 Å². The molecule has 0 spiro atoms. The Morgan fingerprint density at radius 1 is 1.16 bits per heavy atom. The van der Waals surface area contributed by atoms with Gasteiger partial charge in [-0.1, -0.05) is 27.7 Å². The molecule has 0 bridgehead atoms. The first-order chi connectivity index (χ1) is 9.05. The first kappa shape index (κ1) is 15.3. The fourth-order valence-corrected chi connectivity index (χ4v) is 3.91. The van der Waals surface area contributed by atoms with Crippen molar-refractivity contribution < 1.29 is 0 Å². The summed E-state index contributed by atoms with van der Waals surface area (Å²) < 4.78 is 0. The molecule has 0 amide bonds. The molecule has 2 nitrogen and oxygen atoms in total. The Morgan fingerprint density at radius 2 is 1.89 bits per heavy atom. The van der Waals surface area contributed by atoms with Gasteiger partial charge >= 0.3 is 0 Å². The van der Waals surface area contributed by atoms with Gasteiger partial charge in [0.1, 0.15) is 0 Å². The summed E-state index contributed by atoms with van der Waals surface area (Å²) in [6.07, 6.45) is 8.36. The Bertz CT molecular complexity index is 270. The van der Waals surface area contributed by atoms with Crippen molar-refractivity contribution in [3.8, 4) is 0 Å². The number of hydrogen-bond donors (Lipinski definition) is 1. The molecule has 19 heavy (non-hydrogen) atoms. The van der Waals surface area contributed by atoms with Gasteiger partial charge in [-0.15, -0.1) is 0 Å². The van der Waals surface area contributed by atoms with Crippen LogP contribution in [0.1, 0.15) is 66.2 Å². The van der Waals surface area contributed by atoms with Crippen LogP contribution in [-0.4, -0.2) is 36.6 Å². The summed E-state index contributed by atoms with van der Waals surface area (Å²) in [4.78, 5) is 2.79. The minimum absolute atomic E-state index is 0.554. The zero-order valence-electron chi connectivity index (χ0n) is 13.5. The maximum atomic E-state index is 3.75. The van der Waals surface area contributed by atoms with Crippen molar-refractivity contribution in [3.63, 3.8) is 0 Å². The predicted molar refractivity (Wildman–Crippen MR) is 83.5 cm³/mol. The fourth-order valence-electron chi connectivity index (χ4n) is 3.91. The Morgan fingerprint density at radius 3 is 2.47 bits per heavy atom. The van der Waals surface area contributed by atoms with Gasteiger partial charge in [-0.3, -0.25) is 0 Å². The topological polar surface area (TPSA) is 15.3 Å². The second-order valence-electron chi connectivity index (χ2n) is 7.56. The van der Waals surface area contributed by atoms with Crippen LogP contribution in [0.15, 0.2) is 0 Å². The van der Waals surface area contributed by atoms with Crippen LogP contribution in [0, 0.1) is 11.3 Å². The first-order valence-electron chi connectivity index (χ1n) is 8.53. The summed E-state index contributed by atoms with van der Waals surface area (Å²) in [5.41, 5.74) is 0.554. The first-order valence-corrected chi connectivity index (χ1v) is 8.53. The Kier molecular flexibility index (Phi) is 5.30. The van der Waals surface area contributed by atoms with Gasteiger partial charge in [0, 0.05) is 18.6 Å². The zero-order valence-corrected chi connectivity index (χ0v) is 13.5. The van der Waals surface area contributed by atoms with Gasteiger partial charge in [-0.05, 0) is 62.9 Å². The minimum Gasteiger partial charge on any atom is -0.314 e. The van der Waals surface area contributed by atoms with Gasteiger partial charge < -0.3 is 10.2 Å². The van der Waals surface area contributed by atoms with Gasteiger partial charge in [0.25, 0.3) is 0 Å². The lowest BCUT2D eigenvalue weighted by molar-refractivity contribution is 0.0973. The van der Waals surface area contributed by atoms with Crippen LogP contribution in [-0.2, 0) is 0 Å². The molecular formula is C17H34N2. The highest BCUT2D eigenvalue weighted by Gasteiger charge is 2.37. The van der Waals surface area contributed by atoms with Crippen LogP contribution in [0.2, 0.25) is 0 Å². The number of rotatable bonds is 7. The molecule has 0 radical (unpaired) electrons. The molecular weight excluding hydrogens is 232 g/mol. The molecule has 2 heteroatoms. The highest BCUT2D eigenvalue weighted by atomic mass is 15.2. The molecule has 0 heterocycles. The smallest absolute Gasteiger partial charge is 0.0108 e. The predicted octanol–water partition coefficient (Wildman–Crippen LogP) is 3.67. The summed E-state index contributed by atoms with van der Waals surface area (Å²) in [7, 11) is 0. The van der Waals surface area contributed by atoms with E-state index in [1.807, 2.05) is 0 Å². The molecule has 2 aliphatic carbocycles. The monoisotopic (exact) mass is 266 g/mol. The van der Waals surface area contributed by atoms with Crippen LogP contribution < -0.4 is 5.32 Å². The second-order valence-corrected chi connectivity index (χ2v) is 7.56. The summed E-state index contributed by atoms with van der Waals surface area (Å²) in [5, 5.41) is 3.75. The number of nitrogens with one attached hydrogen (secondary N) is 1. The van der Waals surface area contributed by atoms with E-state index in [1.54, 1.807) is 0 Å². The van der Waals surface area contributed by atoms with Gasteiger partial charge in [0.15, 0.2) is 0 Å². The SMILES string of the molecule is CCCN(CC1CC(C)(C)CCC1NCC)C1CC1. The van der Waals surface area contributed by atoms with Crippen molar-refractivity contribution >= 4 is 0 Å². The van der Waals surface area contributed by atoms with Crippen LogP contribution in [0.4, 0.5) is 0 Å². The number of nitrogens with zero attached hydrogens (tertiary/aromatic N) is 1. The van der Waals surface area contributed by atoms with E-state index in [2.05, 4.69) is 37.9 Å². The Balaban J connectivity index is 1.95. The van der Waals surface area contributed by atoms with Crippen molar-refractivity contribution in [1.82, 2.24) is 10.2 Å². The molecule has 2 saturated carbocycles. The lowest BCUT2D eigenvalue weighted by atomic mass is 9.69. The van der Waals surface area contributed by atoms with Crippen molar-refractivity contribution in [1.29, 1.82) is 0 Å². The van der Waals surface area contributed by atoms with E-state index in [-0.39, 0.29) is 0 Å². The molecule has 1 N–H and O–H groups in total. The molecule has 0 aromatic rings. The van der Waals surface area contributed by atoms with Crippen LogP contribution >= 0.6 is 0 Å². The third kappa shape index (κ3) is 4.46. The largest absolute Gasteiger partial charge is 0.314 e. The summed E-state index contributed by atoms with van der Waals surface area (Å²) >= 11 is 0. The van der Waals surface area contributed by atoms with Gasteiger partial charge in [0.2, 0.25) is 0 Å². The Labute approximate surface area is 120 Å². The van der Waals surface area contributed by atoms with Crippen LogP contribution in [0.5, 0.6) is 0 Å². The van der Waals surface area contributed by atoms with Gasteiger partial charge in [0.05, 0.1) is 0 Å². The van der Waals surface area contributed by atoms with Gasteiger partial charge in [-0.2, -0.15) is 0 Å². The van der Waals surface area contributed by atoms with E-state index in [1.165, 1.54) is 51.6 Å². The maximum absolute atomic E-state index is 3.75. The van der Waals surface area contributed by atoms with E-state index in [0.717, 1.165) is 24.5 Å². The van der Waals surface area contributed by atoms with E-state index < -0.39 is 0 Å². The average Bonchev–Trinajstić information content (AvgIpc) is 3.16. The normalized spacial score (nSPS) is 30.8. The third-order valence-electron chi connectivity index (χ3n) is 5.03. The standard InChI is InChI=1S/C17H34N2/c1-5-11-19(15-7-8-15)13-14-12-17(3,4)10-9-16(14)18-6-2/h14-16,18H,5-13H2,1-4H3. The van der Waals surface area contributed by atoms with Crippen molar-refractivity contribution in [2.45, 2.75) is 78.3 Å². The lowest BCUT2D eigenvalue weighted by Crippen LogP contribution is -2.48. The third-order valence-corrected chi connectivity index (χ3v) is 5.03. The quantitative estimate of drug-likeness (QED) is 0.756. The van der Waals surface area contributed by atoms with Crippen molar-refractivity contribution in [3.05, 3.63) is 0 Å². The molecule has 2 aliphatic rings. The minimum atomic E-state index is 0.554. The van der Waals surface area contributed by atoms with Gasteiger partial charge in [-0.25, -0.2) is 0 Å². The molecule has 2 fully saturated rings. The molecule has 0 saturated heterocycles. The second kappa shape index (κ2) is 6.58. The Hall–Kier alpha value is -0.0800. The summed E-state index contributed by atoms with van der Waals surface area (Å²) in [6, 6.07) is 1.68. The van der Waals surface area contributed by atoms with Crippen molar-refractivity contribution in [2.75, 3.05) is 19.6 Å². The molecule has 2 rings (SSSR count). The average molecular weight is 266 g/mol. The van der Waals surface area contributed by atoms with Crippen LogP contribution in [0.25, 0.3) is 0 Å². The van der Waals surface area contributed by atoms with Crippen molar-refractivity contribution in [2.24, 2.45) is 11.3 Å². The van der Waals surface area contributed by atoms with Crippen LogP contribution in [0.3, 0.4) is 0 Å². The molecule has 2 atom stereocenters. The zero-order chi connectivity index (χ0) is 13.9. The fraction of sp³-hybridized carbons (Fsp3) is 1.00. The summed E-state index contributed by atoms with van der Waals surface area (Å²) in [5.74, 6) is 0.857. The molecule has 0 aromatic carbocycles. The highest BCUT2D eigenvalue weighted by Crippen LogP contribution is 2.40. The molecule has 2 unspecified atom stereocenters. The summed E-state index contributed by atoms with van der Waals surface area (Å²) in [6.45, 7) is 13.3. The van der Waals surface area contributed by atoms with E-state index in [9.17, 15) is 0 Å². The highest BCUT2D eigenvalue weighted by molar-refractivity contribution is 4.93. The number of hydrogen-bond acceptors (Lipinski definition) is 2. The lowest BCUT2D eigenvalue weighted by Gasteiger charge is -2.43. The van der Waals surface area contributed by atoms with E-state index in [0.29, 0.717) is 5.41 Å².